The number of fused-ring (bicyclic) bond motifs is 1. The van der Waals surface area contributed by atoms with Gasteiger partial charge in [-0.2, -0.15) is 0 Å². The molecule has 0 bridgehead atoms. The van der Waals surface area contributed by atoms with E-state index in [4.69, 9.17) is 16.3 Å². The van der Waals surface area contributed by atoms with E-state index in [0.717, 1.165) is 0 Å². The summed E-state index contributed by atoms with van der Waals surface area (Å²) in [4.78, 5) is 16.3. The molecule has 5 heteroatoms. The van der Waals surface area contributed by atoms with Gasteiger partial charge in [0.1, 0.15) is 18.0 Å². The third kappa shape index (κ3) is 2.65. The number of halogens is 1. The fourth-order valence-corrected chi connectivity index (χ4v) is 2.07. The van der Waals surface area contributed by atoms with Crippen LogP contribution in [0.5, 0.6) is 5.75 Å². The van der Waals surface area contributed by atoms with E-state index in [0.29, 0.717) is 22.1 Å². The van der Waals surface area contributed by atoms with Crippen molar-refractivity contribution >= 4 is 17.2 Å². The number of hydrogen-bond donors (Lipinski definition) is 0. The number of pyridine rings is 1. The van der Waals surface area contributed by atoms with E-state index >= 15 is 0 Å². The molecule has 0 amide bonds. The highest BCUT2D eigenvalue weighted by Crippen LogP contribution is 2.17. The molecule has 0 saturated heterocycles. The number of benzene rings is 1. The van der Waals surface area contributed by atoms with Gasteiger partial charge in [0.05, 0.1) is 5.69 Å². The van der Waals surface area contributed by atoms with Crippen LogP contribution in [0.3, 0.4) is 0 Å². The van der Waals surface area contributed by atoms with E-state index in [9.17, 15) is 4.79 Å². The molecule has 0 saturated carbocycles. The van der Waals surface area contributed by atoms with Crippen LogP contribution >= 0.6 is 11.6 Å². The van der Waals surface area contributed by atoms with E-state index in [1.54, 1.807) is 42.6 Å². The highest BCUT2D eigenvalue weighted by Gasteiger charge is 2.03. The maximum absolute atomic E-state index is 11.9. The van der Waals surface area contributed by atoms with Gasteiger partial charge in [-0.05, 0) is 30.3 Å². The second-order valence-electron chi connectivity index (χ2n) is 4.26. The summed E-state index contributed by atoms with van der Waals surface area (Å²) in [5, 5.41) is 0.606. The molecule has 20 heavy (non-hydrogen) atoms. The van der Waals surface area contributed by atoms with Gasteiger partial charge in [-0.15, -0.1) is 0 Å². The molecule has 3 rings (SSSR count). The molecule has 3 aromatic rings. The fourth-order valence-electron chi connectivity index (χ4n) is 1.89. The first kappa shape index (κ1) is 12.7. The molecule has 0 spiro atoms. The summed E-state index contributed by atoms with van der Waals surface area (Å²) in [5.41, 5.74) is 1.06. The van der Waals surface area contributed by atoms with Gasteiger partial charge in [0.2, 0.25) is 0 Å². The molecule has 0 unspecified atom stereocenters. The number of hydrogen-bond acceptors (Lipinski definition) is 3. The summed E-state index contributed by atoms with van der Waals surface area (Å²) in [6, 6.07) is 14.0. The summed E-state index contributed by atoms with van der Waals surface area (Å²) in [5.74, 6) is 0.646. The predicted molar refractivity (Wildman–Crippen MR) is 77.2 cm³/mol. The second-order valence-corrected chi connectivity index (χ2v) is 4.70. The van der Waals surface area contributed by atoms with Crippen molar-refractivity contribution in [3.8, 4) is 5.75 Å². The topological polar surface area (TPSA) is 43.6 Å². The molecule has 4 nitrogen and oxygen atoms in total. The third-order valence-electron chi connectivity index (χ3n) is 2.81. The standard InChI is InChI=1S/C15H11ClN2O2/c16-11-4-3-5-13(8-11)20-10-12-9-15(19)18-7-2-1-6-14(18)17-12/h1-9H,10H2. The first-order valence-electron chi connectivity index (χ1n) is 6.08. The molecule has 0 N–H and O–H groups in total. The summed E-state index contributed by atoms with van der Waals surface area (Å²) >= 11 is 5.88. The monoisotopic (exact) mass is 286 g/mol. The number of nitrogens with zero attached hydrogens (tertiary/aromatic N) is 2. The smallest absolute Gasteiger partial charge is 0.258 e. The van der Waals surface area contributed by atoms with Crippen LogP contribution < -0.4 is 10.3 Å². The van der Waals surface area contributed by atoms with Crippen molar-refractivity contribution < 1.29 is 4.74 Å². The van der Waals surface area contributed by atoms with Crippen LogP contribution in [0.4, 0.5) is 0 Å². The second kappa shape index (κ2) is 5.35. The van der Waals surface area contributed by atoms with Crippen molar-refractivity contribution in [1.82, 2.24) is 9.38 Å². The molecule has 0 aliphatic heterocycles. The maximum atomic E-state index is 11.9. The van der Waals surface area contributed by atoms with Crippen LogP contribution in [0.2, 0.25) is 5.02 Å². The minimum Gasteiger partial charge on any atom is -0.487 e. The van der Waals surface area contributed by atoms with Crippen molar-refractivity contribution in [1.29, 1.82) is 0 Å². The van der Waals surface area contributed by atoms with Gasteiger partial charge in [-0.1, -0.05) is 23.7 Å². The van der Waals surface area contributed by atoms with E-state index in [2.05, 4.69) is 4.98 Å². The Balaban J connectivity index is 1.86. The Hall–Kier alpha value is -2.33. The molecule has 2 aromatic heterocycles. The minimum absolute atomic E-state index is 0.125. The molecule has 0 aliphatic rings. The molecule has 2 heterocycles. The van der Waals surface area contributed by atoms with Crippen molar-refractivity contribution in [2.24, 2.45) is 0 Å². The van der Waals surface area contributed by atoms with E-state index < -0.39 is 0 Å². The van der Waals surface area contributed by atoms with Crippen molar-refractivity contribution in [3.05, 3.63) is 75.8 Å². The molecule has 100 valence electrons. The van der Waals surface area contributed by atoms with Crippen LogP contribution in [0.1, 0.15) is 5.69 Å². The van der Waals surface area contributed by atoms with Gasteiger partial charge < -0.3 is 4.74 Å². The Morgan fingerprint density at radius 3 is 2.90 bits per heavy atom. The molecular formula is C15H11ClN2O2. The Morgan fingerprint density at radius 2 is 2.05 bits per heavy atom. The summed E-state index contributed by atoms with van der Waals surface area (Å²) in [6.07, 6.45) is 1.69. The Bertz CT molecular complexity index is 814. The van der Waals surface area contributed by atoms with Crippen molar-refractivity contribution in [2.75, 3.05) is 0 Å². The Morgan fingerprint density at radius 1 is 1.15 bits per heavy atom. The van der Waals surface area contributed by atoms with Gasteiger partial charge >= 0.3 is 0 Å². The van der Waals surface area contributed by atoms with Crippen LogP contribution in [0, 0.1) is 0 Å². The molecule has 0 fully saturated rings. The quantitative estimate of drug-likeness (QED) is 0.743. The van der Waals surface area contributed by atoms with Crippen LogP contribution in [-0.2, 0) is 6.61 Å². The van der Waals surface area contributed by atoms with Gasteiger partial charge in [-0.3, -0.25) is 9.20 Å². The first-order valence-corrected chi connectivity index (χ1v) is 6.46. The van der Waals surface area contributed by atoms with Crippen LogP contribution in [0.15, 0.2) is 59.5 Å². The van der Waals surface area contributed by atoms with E-state index in [1.807, 2.05) is 6.07 Å². The average Bonchev–Trinajstić information content (AvgIpc) is 2.45. The average molecular weight is 287 g/mol. The van der Waals surface area contributed by atoms with Gasteiger partial charge in [0.25, 0.3) is 5.56 Å². The summed E-state index contributed by atoms with van der Waals surface area (Å²) in [6.45, 7) is 0.223. The molecular weight excluding hydrogens is 276 g/mol. The van der Waals surface area contributed by atoms with Crippen molar-refractivity contribution in [2.45, 2.75) is 6.61 Å². The van der Waals surface area contributed by atoms with Gasteiger partial charge in [0.15, 0.2) is 0 Å². The lowest BCUT2D eigenvalue weighted by Gasteiger charge is -2.07. The highest BCUT2D eigenvalue weighted by atomic mass is 35.5. The number of rotatable bonds is 3. The van der Waals surface area contributed by atoms with Crippen LogP contribution in [-0.4, -0.2) is 9.38 Å². The molecule has 1 aromatic carbocycles. The van der Waals surface area contributed by atoms with Gasteiger partial charge in [0, 0.05) is 17.3 Å². The maximum Gasteiger partial charge on any atom is 0.258 e. The highest BCUT2D eigenvalue weighted by molar-refractivity contribution is 6.30. The zero-order valence-corrected chi connectivity index (χ0v) is 11.2. The SMILES string of the molecule is O=c1cc(COc2cccc(Cl)c2)nc2ccccn12. The van der Waals surface area contributed by atoms with Gasteiger partial charge in [-0.25, -0.2) is 4.98 Å². The lowest BCUT2D eigenvalue weighted by Crippen LogP contribution is -2.16. The Kier molecular flexibility index (Phi) is 3.39. The van der Waals surface area contributed by atoms with E-state index in [1.165, 1.54) is 10.5 Å². The number of aromatic nitrogens is 2. The third-order valence-corrected chi connectivity index (χ3v) is 3.04. The molecule has 0 radical (unpaired) electrons. The lowest BCUT2D eigenvalue weighted by atomic mass is 10.3. The van der Waals surface area contributed by atoms with E-state index in [-0.39, 0.29) is 12.2 Å². The summed E-state index contributed by atoms with van der Waals surface area (Å²) < 4.78 is 7.07. The molecule has 0 atom stereocenters. The number of ether oxygens (including phenoxy) is 1. The predicted octanol–water partition coefficient (Wildman–Crippen LogP) is 2.93. The largest absolute Gasteiger partial charge is 0.487 e. The zero-order chi connectivity index (χ0) is 13.9. The normalized spacial score (nSPS) is 10.7. The first-order chi connectivity index (χ1) is 9.72. The molecule has 0 aliphatic carbocycles. The fraction of sp³-hybridized carbons (Fsp3) is 0.0667. The Labute approximate surface area is 120 Å². The van der Waals surface area contributed by atoms with Crippen molar-refractivity contribution in [3.63, 3.8) is 0 Å². The van der Waals surface area contributed by atoms with Crippen LogP contribution in [0.25, 0.3) is 5.65 Å². The zero-order valence-electron chi connectivity index (χ0n) is 10.5. The summed E-state index contributed by atoms with van der Waals surface area (Å²) in [7, 11) is 0. The lowest BCUT2D eigenvalue weighted by molar-refractivity contribution is 0.301. The minimum atomic E-state index is -0.125.